The number of nitrogens with zero attached hydrogens (tertiary/aromatic N) is 2. The van der Waals surface area contributed by atoms with E-state index in [2.05, 4.69) is 29.8 Å². The summed E-state index contributed by atoms with van der Waals surface area (Å²) in [5, 5.41) is 0. The first-order valence-corrected chi connectivity index (χ1v) is 6.94. The fraction of sp³-hybridized carbons (Fsp3) is 0.615. The van der Waals surface area contributed by atoms with Crippen LogP contribution in [0.15, 0.2) is 16.7 Å². The van der Waals surface area contributed by atoms with Crippen molar-refractivity contribution in [2.45, 2.75) is 45.2 Å². The fourth-order valence-corrected chi connectivity index (χ4v) is 3.21. The Bertz CT molecular complexity index is 417. The lowest BCUT2D eigenvalue weighted by Crippen LogP contribution is -2.47. The van der Waals surface area contributed by atoms with Crippen molar-refractivity contribution in [2.24, 2.45) is 7.05 Å². The summed E-state index contributed by atoms with van der Waals surface area (Å²) in [5.41, 5.74) is 0.762. The van der Waals surface area contributed by atoms with Gasteiger partial charge in [-0.15, -0.1) is 0 Å². The molecule has 0 aliphatic carbocycles. The zero-order chi connectivity index (χ0) is 12.6. The maximum Gasteiger partial charge on any atom is 0.270 e. The minimum atomic E-state index is 0.151. The van der Waals surface area contributed by atoms with Gasteiger partial charge in [0.15, 0.2) is 0 Å². The van der Waals surface area contributed by atoms with E-state index >= 15 is 0 Å². The number of amides is 1. The molecule has 1 aromatic heterocycles. The van der Waals surface area contributed by atoms with Gasteiger partial charge in [-0.25, -0.2) is 0 Å². The van der Waals surface area contributed by atoms with E-state index in [1.807, 2.05) is 28.8 Å². The highest BCUT2D eigenvalue weighted by Gasteiger charge is 2.30. The van der Waals surface area contributed by atoms with Gasteiger partial charge in [-0.05, 0) is 55.1 Å². The van der Waals surface area contributed by atoms with Crippen molar-refractivity contribution in [1.29, 1.82) is 0 Å². The largest absolute Gasteiger partial charge is 0.345 e. The number of rotatable bonds is 1. The molecule has 1 aliphatic heterocycles. The van der Waals surface area contributed by atoms with Crippen LogP contribution in [-0.4, -0.2) is 27.5 Å². The van der Waals surface area contributed by atoms with E-state index in [0.717, 1.165) is 23.0 Å². The van der Waals surface area contributed by atoms with Crippen molar-refractivity contribution >= 4 is 21.8 Å². The lowest BCUT2D eigenvalue weighted by atomic mass is 9.97. The maximum absolute atomic E-state index is 12.5. The Kier molecular flexibility index (Phi) is 3.61. The number of hydrogen-bond donors (Lipinski definition) is 0. The summed E-state index contributed by atoms with van der Waals surface area (Å²) in [5.74, 6) is 0.151. The Hall–Kier alpha value is -0.770. The first-order valence-electron chi connectivity index (χ1n) is 6.15. The average Bonchev–Trinajstić information content (AvgIpc) is 2.57. The van der Waals surface area contributed by atoms with Crippen molar-refractivity contribution in [1.82, 2.24) is 9.47 Å². The minimum absolute atomic E-state index is 0.151. The van der Waals surface area contributed by atoms with Crippen molar-refractivity contribution in [2.75, 3.05) is 0 Å². The smallest absolute Gasteiger partial charge is 0.270 e. The summed E-state index contributed by atoms with van der Waals surface area (Å²) < 4.78 is 2.85. The molecule has 17 heavy (non-hydrogen) atoms. The lowest BCUT2D eigenvalue weighted by molar-refractivity contribution is 0.0501. The number of halogens is 1. The predicted molar refractivity (Wildman–Crippen MR) is 72.1 cm³/mol. The van der Waals surface area contributed by atoms with E-state index in [4.69, 9.17) is 0 Å². The van der Waals surface area contributed by atoms with Crippen molar-refractivity contribution in [3.63, 3.8) is 0 Å². The molecule has 3 nitrogen and oxygen atoms in total. The number of carbonyl (C=O) groups is 1. The second-order valence-corrected chi connectivity index (χ2v) is 5.91. The Morgan fingerprint density at radius 1 is 1.35 bits per heavy atom. The quantitative estimate of drug-likeness (QED) is 0.782. The fourth-order valence-electron chi connectivity index (χ4n) is 2.69. The van der Waals surface area contributed by atoms with Gasteiger partial charge in [0.25, 0.3) is 5.91 Å². The Morgan fingerprint density at radius 3 is 2.41 bits per heavy atom. The zero-order valence-corrected chi connectivity index (χ0v) is 12.2. The molecule has 0 radical (unpaired) electrons. The summed E-state index contributed by atoms with van der Waals surface area (Å²) >= 11 is 3.41. The van der Waals surface area contributed by atoms with Gasteiger partial charge in [0.2, 0.25) is 0 Å². The molecule has 1 amide bonds. The van der Waals surface area contributed by atoms with Gasteiger partial charge in [-0.3, -0.25) is 4.79 Å². The average molecular weight is 299 g/mol. The van der Waals surface area contributed by atoms with E-state index in [1.165, 1.54) is 6.42 Å². The second kappa shape index (κ2) is 4.84. The Morgan fingerprint density at radius 2 is 1.94 bits per heavy atom. The number of aromatic nitrogens is 1. The van der Waals surface area contributed by atoms with Crippen LogP contribution in [0.1, 0.15) is 43.6 Å². The molecular weight excluding hydrogens is 280 g/mol. The first kappa shape index (κ1) is 12.7. The number of likely N-dealkylation sites (tertiary alicyclic amines) is 1. The van der Waals surface area contributed by atoms with Crippen LogP contribution in [0.25, 0.3) is 0 Å². The second-order valence-electron chi connectivity index (χ2n) is 5.00. The van der Waals surface area contributed by atoms with Gasteiger partial charge in [0, 0.05) is 29.8 Å². The number of piperidine rings is 1. The van der Waals surface area contributed by atoms with Crippen LogP contribution >= 0.6 is 15.9 Å². The van der Waals surface area contributed by atoms with Crippen LogP contribution in [0.4, 0.5) is 0 Å². The topological polar surface area (TPSA) is 25.2 Å². The molecule has 4 heteroatoms. The molecule has 0 spiro atoms. The summed E-state index contributed by atoms with van der Waals surface area (Å²) in [6.45, 7) is 4.29. The molecule has 1 aromatic rings. The minimum Gasteiger partial charge on any atom is -0.345 e. The summed E-state index contributed by atoms with van der Waals surface area (Å²) in [6, 6.07) is 2.59. The van der Waals surface area contributed by atoms with Crippen LogP contribution in [-0.2, 0) is 7.05 Å². The number of carbonyl (C=O) groups excluding carboxylic acids is 1. The van der Waals surface area contributed by atoms with Crippen LogP contribution in [0, 0.1) is 0 Å². The molecular formula is C13H19BrN2O. The van der Waals surface area contributed by atoms with Crippen molar-refractivity contribution in [3.8, 4) is 0 Å². The van der Waals surface area contributed by atoms with Crippen molar-refractivity contribution in [3.05, 3.63) is 22.4 Å². The van der Waals surface area contributed by atoms with E-state index in [-0.39, 0.29) is 5.91 Å². The third-order valence-electron chi connectivity index (χ3n) is 3.62. The number of hydrogen-bond acceptors (Lipinski definition) is 1. The zero-order valence-electron chi connectivity index (χ0n) is 10.6. The van der Waals surface area contributed by atoms with E-state index in [0.29, 0.717) is 12.1 Å². The molecule has 2 heterocycles. The highest BCUT2D eigenvalue weighted by molar-refractivity contribution is 9.10. The maximum atomic E-state index is 12.5. The molecule has 2 atom stereocenters. The van der Waals surface area contributed by atoms with Crippen LogP contribution in [0.3, 0.4) is 0 Å². The first-order chi connectivity index (χ1) is 8.00. The Balaban J connectivity index is 2.27. The van der Waals surface area contributed by atoms with Crippen LogP contribution in [0.5, 0.6) is 0 Å². The summed E-state index contributed by atoms with van der Waals surface area (Å²) in [7, 11) is 1.91. The van der Waals surface area contributed by atoms with Gasteiger partial charge in [-0.2, -0.15) is 0 Å². The van der Waals surface area contributed by atoms with E-state index in [1.54, 1.807) is 0 Å². The molecule has 0 N–H and O–H groups in total. The van der Waals surface area contributed by atoms with Crippen molar-refractivity contribution < 1.29 is 4.79 Å². The normalized spacial score (nSPS) is 25.1. The Labute approximate surface area is 111 Å². The SMILES string of the molecule is C[C@@H]1CCC[C@H](C)N1C(=O)c1cc(Br)cn1C. The molecule has 1 saturated heterocycles. The van der Waals surface area contributed by atoms with Gasteiger partial charge in [-0.1, -0.05) is 0 Å². The summed E-state index contributed by atoms with van der Waals surface area (Å²) in [6.07, 6.45) is 5.37. The molecule has 0 bridgehead atoms. The lowest BCUT2D eigenvalue weighted by Gasteiger charge is -2.39. The summed E-state index contributed by atoms with van der Waals surface area (Å²) in [4.78, 5) is 14.6. The van der Waals surface area contributed by atoms with E-state index < -0.39 is 0 Å². The van der Waals surface area contributed by atoms with Gasteiger partial charge in [0.05, 0.1) is 0 Å². The predicted octanol–water partition coefficient (Wildman–Crippen LogP) is 3.19. The highest BCUT2D eigenvalue weighted by atomic mass is 79.9. The van der Waals surface area contributed by atoms with Crippen LogP contribution < -0.4 is 0 Å². The molecule has 1 fully saturated rings. The molecule has 2 rings (SSSR count). The highest BCUT2D eigenvalue weighted by Crippen LogP contribution is 2.25. The monoisotopic (exact) mass is 298 g/mol. The number of aryl methyl sites for hydroxylation is 1. The third-order valence-corrected chi connectivity index (χ3v) is 4.05. The molecule has 94 valence electrons. The molecule has 0 unspecified atom stereocenters. The van der Waals surface area contributed by atoms with Gasteiger partial charge in [0.1, 0.15) is 5.69 Å². The van der Waals surface area contributed by atoms with E-state index in [9.17, 15) is 4.79 Å². The molecule has 0 aromatic carbocycles. The third kappa shape index (κ3) is 2.41. The molecule has 0 saturated carbocycles. The van der Waals surface area contributed by atoms with Gasteiger partial charge >= 0.3 is 0 Å². The molecule has 1 aliphatic rings. The van der Waals surface area contributed by atoms with Gasteiger partial charge < -0.3 is 9.47 Å². The van der Waals surface area contributed by atoms with Crippen LogP contribution in [0.2, 0.25) is 0 Å². The standard InChI is InChI=1S/C13H19BrN2O/c1-9-5-4-6-10(2)16(9)13(17)12-7-11(14)8-15(12)3/h7-10H,4-6H2,1-3H3/t9-,10+.